The molecule has 0 N–H and O–H groups in total. The third kappa shape index (κ3) is 4.02. The van der Waals surface area contributed by atoms with Gasteiger partial charge in [-0.15, -0.1) is 0 Å². The van der Waals surface area contributed by atoms with Crippen molar-refractivity contribution in [1.82, 2.24) is 0 Å². The maximum absolute atomic E-state index is 5.84. The number of alkyl halides is 1. The first-order valence-electron chi connectivity index (χ1n) is 6.39. The minimum absolute atomic E-state index is 0.515. The van der Waals surface area contributed by atoms with Gasteiger partial charge in [-0.05, 0) is 36.8 Å². The van der Waals surface area contributed by atoms with E-state index < -0.39 is 0 Å². The summed E-state index contributed by atoms with van der Waals surface area (Å²) in [7, 11) is 0. The lowest BCUT2D eigenvalue weighted by molar-refractivity contribution is 0.310. The highest BCUT2D eigenvalue weighted by atomic mass is 79.9. The van der Waals surface area contributed by atoms with Gasteiger partial charge in [0.1, 0.15) is 5.75 Å². The average molecular weight is 299 g/mol. The van der Waals surface area contributed by atoms with Crippen LogP contribution in [0.15, 0.2) is 18.2 Å². The molecule has 1 nitrogen and oxygen atoms in total. The molecule has 96 valence electrons. The van der Waals surface area contributed by atoms with Gasteiger partial charge < -0.3 is 4.74 Å². The van der Waals surface area contributed by atoms with Crippen LogP contribution in [0.3, 0.4) is 0 Å². The van der Waals surface area contributed by atoms with Crippen LogP contribution in [0.1, 0.15) is 44.2 Å². The second-order valence-corrected chi connectivity index (χ2v) is 5.46. The van der Waals surface area contributed by atoms with E-state index in [1.807, 2.05) is 0 Å². The lowest BCUT2D eigenvalue weighted by Gasteiger charge is -2.21. The molecular weight excluding hydrogens is 276 g/mol. The van der Waals surface area contributed by atoms with E-state index in [-0.39, 0.29) is 0 Å². The molecule has 0 saturated carbocycles. The summed E-state index contributed by atoms with van der Waals surface area (Å²) >= 11 is 3.57. The molecule has 0 amide bonds. The van der Waals surface area contributed by atoms with Gasteiger partial charge in [-0.1, -0.05) is 54.4 Å². The zero-order valence-electron chi connectivity index (χ0n) is 11.3. The molecule has 0 spiro atoms. The first kappa shape index (κ1) is 14.6. The van der Waals surface area contributed by atoms with E-state index in [9.17, 15) is 0 Å². The minimum Gasteiger partial charge on any atom is -0.493 e. The van der Waals surface area contributed by atoms with Crippen LogP contribution in [0.5, 0.6) is 5.75 Å². The molecule has 1 rings (SSSR count). The lowest BCUT2D eigenvalue weighted by Crippen LogP contribution is -2.10. The Labute approximate surface area is 114 Å². The molecule has 2 heteroatoms. The summed E-state index contributed by atoms with van der Waals surface area (Å²) in [5.41, 5.74) is 2.64. The van der Waals surface area contributed by atoms with Crippen LogP contribution >= 0.6 is 15.9 Å². The Morgan fingerprint density at radius 3 is 2.59 bits per heavy atom. The maximum atomic E-state index is 5.84. The number of rotatable bonds is 6. The first-order valence-corrected chi connectivity index (χ1v) is 7.51. The van der Waals surface area contributed by atoms with Crippen LogP contribution in [0.25, 0.3) is 0 Å². The van der Waals surface area contributed by atoms with Crippen molar-refractivity contribution in [2.24, 2.45) is 5.92 Å². The zero-order valence-corrected chi connectivity index (χ0v) is 12.9. The number of benzene rings is 1. The quantitative estimate of drug-likeness (QED) is 0.678. The van der Waals surface area contributed by atoms with Gasteiger partial charge in [0, 0.05) is 5.33 Å². The Morgan fingerprint density at radius 2 is 2.00 bits per heavy atom. The van der Waals surface area contributed by atoms with Crippen molar-refractivity contribution in [3.8, 4) is 5.75 Å². The summed E-state index contributed by atoms with van der Waals surface area (Å²) in [6.45, 7) is 9.62. The van der Waals surface area contributed by atoms with Crippen LogP contribution < -0.4 is 4.74 Å². The molecule has 0 radical (unpaired) electrons. The normalized spacial score (nSPS) is 14.4. The lowest BCUT2D eigenvalue weighted by atomic mass is 9.89. The van der Waals surface area contributed by atoms with E-state index in [0.29, 0.717) is 11.8 Å². The third-order valence-corrected chi connectivity index (χ3v) is 4.24. The van der Waals surface area contributed by atoms with Crippen molar-refractivity contribution in [2.75, 3.05) is 11.9 Å². The molecular formula is C15H23BrO. The van der Waals surface area contributed by atoms with Crippen molar-refractivity contribution in [1.29, 1.82) is 0 Å². The van der Waals surface area contributed by atoms with Gasteiger partial charge in [-0.2, -0.15) is 0 Å². The van der Waals surface area contributed by atoms with Gasteiger partial charge in [0.15, 0.2) is 0 Å². The first-order chi connectivity index (χ1) is 8.10. The predicted molar refractivity (Wildman–Crippen MR) is 78.3 cm³/mol. The fourth-order valence-corrected chi connectivity index (χ4v) is 2.37. The van der Waals surface area contributed by atoms with Crippen molar-refractivity contribution in [2.45, 2.75) is 40.0 Å². The zero-order chi connectivity index (χ0) is 12.8. The van der Waals surface area contributed by atoms with Crippen molar-refractivity contribution >= 4 is 15.9 Å². The number of aryl methyl sites for hydroxylation is 1. The highest BCUT2D eigenvalue weighted by Gasteiger charge is 2.17. The van der Waals surface area contributed by atoms with Gasteiger partial charge in [-0.25, -0.2) is 0 Å². The molecule has 0 saturated heterocycles. The minimum atomic E-state index is 0.515. The van der Waals surface area contributed by atoms with Gasteiger partial charge in [-0.3, -0.25) is 0 Å². The van der Waals surface area contributed by atoms with Crippen molar-refractivity contribution in [3.63, 3.8) is 0 Å². The third-order valence-electron chi connectivity index (χ3n) is 3.21. The SMILES string of the molecule is CCCOc1ccc(C)cc1C(C)C(C)CBr. The molecule has 17 heavy (non-hydrogen) atoms. The van der Waals surface area contributed by atoms with Crippen LogP contribution in [-0.2, 0) is 0 Å². The molecule has 1 aromatic carbocycles. The Bertz CT molecular complexity index is 349. The molecule has 0 aliphatic heterocycles. The number of ether oxygens (including phenoxy) is 1. The van der Waals surface area contributed by atoms with Crippen LogP contribution in [-0.4, -0.2) is 11.9 Å². The van der Waals surface area contributed by atoms with Gasteiger partial charge in [0.2, 0.25) is 0 Å². The Hall–Kier alpha value is -0.500. The van der Waals surface area contributed by atoms with Gasteiger partial charge in [0.05, 0.1) is 6.61 Å². The smallest absolute Gasteiger partial charge is 0.122 e. The summed E-state index contributed by atoms with van der Waals surface area (Å²) in [5.74, 6) is 2.18. The fraction of sp³-hybridized carbons (Fsp3) is 0.600. The van der Waals surface area contributed by atoms with Crippen LogP contribution in [0.4, 0.5) is 0 Å². The number of halogens is 1. The molecule has 0 aliphatic rings. The van der Waals surface area contributed by atoms with Crippen molar-refractivity contribution < 1.29 is 4.74 Å². The molecule has 0 fully saturated rings. The summed E-state index contributed by atoms with van der Waals surface area (Å²) in [6, 6.07) is 6.49. The van der Waals surface area contributed by atoms with E-state index in [4.69, 9.17) is 4.74 Å². The second-order valence-electron chi connectivity index (χ2n) is 4.81. The molecule has 2 unspecified atom stereocenters. The van der Waals surface area contributed by atoms with Gasteiger partial charge >= 0.3 is 0 Å². The maximum Gasteiger partial charge on any atom is 0.122 e. The predicted octanol–water partition coefficient (Wildman–Crippen LogP) is 4.92. The molecule has 2 atom stereocenters. The summed E-state index contributed by atoms with van der Waals surface area (Å²) in [6.07, 6.45) is 1.05. The van der Waals surface area contributed by atoms with Crippen LogP contribution in [0.2, 0.25) is 0 Å². The largest absolute Gasteiger partial charge is 0.493 e. The number of hydrogen-bond acceptors (Lipinski definition) is 1. The monoisotopic (exact) mass is 298 g/mol. The Balaban J connectivity index is 2.97. The summed E-state index contributed by atoms with van der Waals surface area (Å²) < 4.78 is 5.84. The van der Waals surface area contributed by atoms with E-state index in [0.717, 1.165) is 24.1 Å². The van der Waals surface area contributed by atoms with Crippen molar-refractivity contribution in [3.05, 3.63) is 29.3 Å². The topological polar surface area (TPSA) is 9.23 Å². The molecule has 0 aromatic heterocycles. The molecule has 1 aromatic rings. The summed E-state index contributed by atoms with van der Waals surface area (Å²) in [5, 5.41) is 1.02. The van der Waals surface area contributed by atoms with E-state index in [1.165, 1.54) is 11.1 Å². The highest BCUT2D eigenvalue weighted by molar-refractivity contribution is 9.09. The van der Waals surface area contributed by atoms with Gasteiger partial charge in [0.25, 0.3) is 0 Å². The molecule has 0 bridgehead atoms. The Morgan fingerprint density at radius 1 is 1.29 bits per heavy atom. The standard InChI is InChI=1S/C15H23BrO/c1-5-8-17-15-7-6-11(2)9-14(15)13(4)12(3)10-16/h6-7,9,12-13H,5,8,10H2,1-4H3. The Kier molecular flexibility index (Phi) is 6.04. The molecule has 0 aliphatic carbocycles. The second kappa shape index (κ2) is 7.05. The highest BCUT2D eigenvalue weighted by Crippen LogP contribution is 2.33. The van der Waals surface area contributed by atoms with E-state index >= 15 is 0 Å². The van der Waals surface area contributed by atoms with E-state index in [1.54, 1.807) is 0 Å². The van der Waals surface area contributed by atoms with E-state index in [2.05, 4.69) is 61.8 Å². The summed E-state index contributed by atoms with van der Waals surface area (Å²) in [4.78, 5) is 0. The molecule has 0 heterocycles. The fourth-order valence-electron chi connectivity index (χ4n) is 1.81. The number of hydrogen-bond donors (Lipinski definition) is 0. The average Bonchev–Trinajstić information content (AvgIpc) is 2.35. The van der Waals surface area contributed by atoms with Crippen LogP contribution in [0, 0.1) is 12.8 Å².